The van der Waals surface area contributed by atoms with Gasteiger partial charge in [-0.25, -0.2) is 8.42 Å². The summed E-state index contributed by atoms with van der Waals surface area (Å²) in [5.41, 5.74) is 2.92. The molecule has 0 atom stereocenters. The zero-order chi connectivity index (χ0) is 23.4. The average molecular weight is 472 g/mol. The Morgan fingerprint density at radius 2 is 1.79 bits per heavy atom. The molecule has 2 aromatic rings. The van der Waals surface area contributed by atoms with Crippen LogP contribution >= 0.6 is 0 Å². The van der Waals surface area contributed by atoms with E-state index >= 15 is 0 Å². The van der Waals surface area contributed by atoms with Crippen LogP contribution in [0.4, 0.5) is 0 Å². The molecule has 0 aromatic heterocycles. The molecule has 0 aliphatic carbocycles. The van der Waals surface area contributed by atoms with Gasteiger partial charge in [0.1, 0.15) is 10.6 Å². The summed E-state index contributed by atoms with van der Waals surface area (Å²) >= 11 is 0. The highest BCUT2D eigenvalue weighted by molar-refractivity contribution is 7.89. The van der Waals surface area contributed by atoms with E-state index in [1.165, 1.54) is 28.6 Å². The number of likely N-dealkylation sites (tertiary alicyclic amines) is 1. The molecule has 2 aliphatic heterocycles. The number of carbonyl (C=O) groups excluding carboxylic acids is 1. The molecule has 0 bridgehead atoms. The minimum absolute atomic E-state index is 0.0625. The van der Waals surface area contributed by atoms with Gasteiger partial charge in [0.25, 0.3) is 5.91 Å². The highest BCUT2D eigenvalue weighted by Gasteiger charge is 2.31. The molecular formula is C25H33N3O4S. The number of hydrogen-bond donors (Lipinski definition) is 1. The molecule has 4 rings (SSSR count). The van der Waals surface area contributed by atoms with Crippen molar-refractivity contribution in [2.24, 2.45) is 0 Å². The highest BCUT2D eigenvalue weighted by atomic mass is 32.2. The molecule has 1 N–H and O–H groups in total. The predicted octanol–water partition coefficient (Wildman–Crippen LogP) is 3.18. The van der Waals surface area contributed by atoms with Gasteiger partial charge in [-0.05, 0) is 56.4 Å². The van der Waals surface area contributed by atoms with Crippen LogP contribution in [0.2, 0.25) is 0 Å². The quantitative estimate of drug-likeness (QED) is 0.671. The molecule has 2 fully saturated rings. The van der Waals surface area contributed by atoms with E-state index in [0.29, 0.717) is 18.7 Å². The Balaban J connectivity index is 1.39. The first-order valence-electron chi connectivity index (χ1n) is 11.6. The lowest BCUT2D eigenvalue weighted by atomic mass is 10.0. The molecule has 8 heteroatoms. The van der Waals surface area contributed by atoms with Gasteiger partial charge in [-0.2, -0.15) is 4.31 Å². The maximum atomic E-state index is 13.1. The van der Waals surface area contributed by atoms with Crippen LogP contribution < -0.4 is 10.1 Å². The van der Waals surface area contributed by atoms with Crippen molar-refractivity contribution in [3.05, 3.63) is 59.2 Å². The number of carbonyl (C=O) groups is 1. The maximum absolute atomic E-state index is 13.1. The second-order valence-electron chi connectivity index (χ2n) is 8.99. The monoisotopic (exact) mass is 471 g/mol. The number of piperidine rings is 1. The van der Waals surface area contributed by atoms with Crippen LogP contribution in [-0.4, -0.2) is 62.9 Å². The van der Waals surface area contributed by atoms with Gasteiger partial charge in [-0.3, -0.25) is 9.69 Å². The molecule has 2 aromatic carbocycles. The minimum Gasteiger partial charge on any atom is -0.495 e. The summed E-state index contributed by atoms with van der Waals surface area (Å²) in [7, 11) is -2.24. The third-order valence-electron chi connectivity index (χ3n) is 6.52. The van der Waals surface area contributed by atoms with E-state index in [0.717, 1.165) is 45.3 Å². The van der Waals surface area contributed by atoms with E-state index in [1.54, 1.807) is 12.1 Å². The Hall–Kier alpha value is -2.42. The number of sulfonamides is 1. The first-order chi connectivity index (χ1) is 15.9. The molecule has 0 spiro atoms. The molecule has 2 heterocycles. The molecule has 0 saturated carbocycles. The van der Waals surface area contributed by atoms with Gasteiger partial charge in [0.05, 0.1) is 7.11 Å². The van der Waals surface area contributed by atoms with E-state index in [2.05, 4.69) is 41.4 Å². The van der Waals surface area contributed by atoms with Crippen molar-refractivity contribution >= 4 is 15.9 Å². The van der Waals surface area contributed by atoms with Crippen LogP contribution in [0.15, 0.2) is 47.4 Å². The lowest BCUT2D eigenvalue weighted by Crippen LogP contribution is -2.44. The van der Waals surface area contributed by atoms with Crippen LogP contribution in [-0.2, 0) is 16.6 Å². The zero-order valence-corrected chi connectivity index (χ0v) is 20.2. The number of nitrogens with zero attached hydrogens (tertiary/aromatic N) is 2. The van der Waals surface area contributed by atoms with Gasteiger partial charge >= 0.3 is 0 Å². The maximum Gasteiger partial charge on any atom is 0.251 e. The fraction of sp³-hybridized carbons (Fsp3) is 0.480. The van der Waals surface area contributed by atoms with Crippen molar-refractivity contribution in [3.63, 3.8) is 0 Å². The molecule has 2 saturated heterocycles. The summed E-state index contributed by atoms with van der Waals surface area (Å²) in [6.07, 6.45) is 3.44. The number of amides is 1. The normalized spacial score (nSPS) is 18.4. The Morgan fingerprint density at radius 3 is 2.45 bits per heavy atom. The second kappa shape index (κ2) is 10.2. The highest BCUT2D eigenvalue weighted by Crippen LogP contribution is 2.30. The fourth-order valence-electron chi connectivity index (χ4n) is 4.66. The molecule has 33 heavy (non-hydrogen) atoms. The predicted molar refractivity (Wildman–Crippen MR) is 128 cm³/mol. The smallest absolute Gasteiger partial charge is 0.251 e. The third kappa shape index (κ3) is 5.57. The van der Waals surface area contributed by atoms with Gasteiger partial charge in [0.2, 0.25) is 10.0 Å². The zero-order valence-electron chi connectivity index (χ0n) is 19.4. The Bertz CT molecular complexity index is 1090. The number of nitrogens with one attached hydrogen (secondary N) is 1. The van der Waals surface area contributed by atoms with Gasteiger partial charge in [0, 0.05) is 44.3 Å². The largest absolute Gasteiger partial charge is 0.495 e. The molecule has 0 unspecified atom stereocenters. The van der Waals surface area contributed by atoms with Gasteiger partial charge in [-0.1, -0.05) is 29.8 Å². The summed E-state index contributed by atoms with van der Waals surface area (Å²) in [6.45, 7) is 5.85. The number of aryl methyl sites for hydroxylation is 1. The molecule has 1 amide bonds. The van der Waals surface area contributed by atoms with Crippen LogP contribution in [0.5, 0.6) is 5.75 Å². The lowest BCUT2D eigenvalue weighted by molar-refractivity contribution is 0.0908. The summed E-state index contributed by atoms with van der Waals surface area (Å²) in [5, 5.41) is 3.10. The van der Waals surface area contributed by atoms with Gasteiger partial charge < -0.3 is 10.1 Å². The van der Waals surface area contributed by atoms with Crippen LogP contribution in [0.1, 0.15) is 47.2 Å². The second-order valence-corrected chi connectivity index (χ2v) is 10.9. The number of rotatable bonds is 7. The molecule has 2 aliphatic rings. The molecule has 7 nitrogen and oxygen atoms in total. The summed E-state index contributed by atoms with van der Waals surface area (Å²) in [4.78, 5) is 15.4. The number of benzene rings is 2. The third-order valence-corrected chi connectivity index (χ3v) is 8.44. The number of methoxy groups -OCH3 is 1. The minimum atomic E-state index is -3.69. The Labute approximate surface area is 196 Å². The van der Waals surface area contributed by atoms with Crippen molar-refractivity contribution < 1.29 is 17.9 Å². The summed E-state index contributed by atoms with van der Waals surface area (Å²) in [5.74, 6) is 0.0237. The molecule has 0 radical (unpaired) electrons. The topological polar surface area (TPSA) is 79.0 Å². The van der Waals surface area contributed by atoms with Crippen LogP contribution in [0, 0.1) is 6.92 Å². The van der Waals surface area contributed by atoms with Crippen molar-refractivity contribution in [2.75, 3.05) is 33.3 Å². The van der Waals surface area contributed by atoms with Crippen molar-refractivity contribution in [1.82, 2.24) is 14.5 Å². The fourth-order valence-corrected chi connectivity index (χ4v) is 6.36. The lowest BCUT2D eigenvalue weighted by Gasteiger charge is -2.32. The van der Waals surface area contributed by atoms with Crippen molar-refractivity contribution in [3.8, 4) is 5.75 Å². The van der Waals surface area contributed by atoms with Crippen molar-refractivity contribution in [2.45, 2.75) is 50.1 Å². The molecule has 178 valence electrons. The van der Waals surface area contributed by atoms with E-state index in [1.807, 2.05) is 0 Å². The standard InChI is InChI=1S/C25H33N3O4S/c1-19-6-5-7-20(16-19)18-27-14-10-22(11-15-27)26-25(29)21-8-9-23(32-2)24(17-21)33(30,31)28-12-3-4-13-28/h5-9,16-17,22H,3-4,10-15,18H2,1-2H3,(H,26,29). The van der Waals surface area contributed by atoms with Gasteiger partial charge in [-0.15, -0.1) is 0 Å². The number of hydrogen-bond acceptors (Lipinski definition) is 5. The van der Waals surface area contributed by atoms with Gasteiger partial charge in [0.15, 0.2) is 0 Å². The first-order valence-corrected chi connectivity index (χ1v) is 13.1. The Kier molecular flexibility index (Phi) is 7.36. The van der Waals surface area contributed by atoms with E-state index in [4.69, 9.17) is 4.74 Å². The Morgan fingerprint density at radius 1 is 1.06 bits per heavy atom. The number of ether oxygens (including phenoxy) is 1. The average Bonchev–Trinajstić information content (AvgIpc) is 3.36. The summed E-state index contributed by atoms with van der Waals surface area (Å²) < 4.78 is 33.0. The van der Waals surface area contributed by atoms with E-state index in [-0.39, 0.29) is 22.6 Å². The van der Waals surface area contributed by atoms with Crippen LogP contribution in [0.3, 0.4) is 0 Å². The summed E-state index contributed by atoms with van der Waals surface area (Å²) in [6, 6.07) is 13.3. The van der Waals surface area contributed by atoms with Crippen LogP contribution in [0.25, 0.3) is 0 Å². The SMILES string of the molecule is COc1ccc(C(=O)NC2CCN(Cc3cccc(C)c3)CC2)cc1S(=O)(=O)N1CCCC1. The van der Waals surface area contributed by atoms with E-state index in [9.17, 15) is 13.2 Å². The first kappa shape index (κ1) is 23.7. The molecular weight excluding hydrogens is 438 g/mol. The van der Waals surface area contributed by atoms with E-state index < -0.39 is 10.0 Å². The van der Waals surface area contributed by atoms with Crippen molar-refractivity contribution in [1.29, 1.82) is 0 Å².